The molecule has 0 aliphatic rings. The molecule has 0 amide bonds. The molecule has 0 atom stereocenters. The summed E-state index contributed by atoms with van der Waals surface area (Å²) >= 11 is 0. The van der Waals surface area contributed by atoms with Crippen LogP contribution in [0.25, 0.3) is 0 Å². The molecule has 0 bridgehead atoms. The van der Waals surface area contributed by atoms with E-state index in [1.165, 1.54) is 38.5 Å². The summed E-state index contributed by atoms with van der Waals surface area (Å²) in [5.41, 5.74) is 5.34. The predicted octanol–water partition coefficient (Wildman–Crippen LogP) is -0.184. The van der Waals surface area contributed by atoms with Gasteiger partial charge >= 0.3 is 17.1 Å². The van der Waals surface area contributed by atoms with Crippen molar-refractivity contribution in [2.75, 3.05) is 6.54 Å². The van der Waals surface area contributed by atoms with Crippen LogP contribution in [0.4, 0.5) is 0 Å². The molecule has 0 aromatic carbocycles. The molecule has 1 radical (unpaired) electrons. The second-order valence-corrected chi connectivity index (χ2v) is 3.54. The van der Waals surface area contributed by atoms with Crippen LogP contribution in [0.5, 0.6) is 0 Å². The number of unbranched alkanes of at least 4 members (excludes halogenated alkanes) is 5. The standard InChI is InChI=1S/C8H19N.2C2H4O2.Cu/c1-2-3-4-5-6-7-8-9;2*1-2(3)4;/h2-9H2,1H3;2*1H3,(H,3,4);/q;;;+2/p-2. The number of carboxylic acid groups (broad SMARTS) is 2. The number of carboxylic acids is 2. The van der Waals surface area contributed by atoms with Crippen LogP contribution in [0.3, 0.4) is 0 Å². The zero-order chi connectivity index (χ0) is 14.1. The van der Waals surface area contributed by atoms with Crippen LogP contribution in [-0.4, -0.2) is 18.5 Å². The Kier molecular flexibility index (Phi) is 36.7. The summed E-state index contributed by atoms with van der Waals surface area (Å²) in [6.07, 6.45) is 8.05. The molecule has 0 aromatic heterocycles. The van der Waals surface area contributed by atoms with Gasteiger partial charge in [-0.25, -0.2) is 0 Å². The van der Waals surface area contributed by atoms with Gasteiger partial charge in [-0.05, 0) is 26.8 Å². The van der Waals surface area contributed by atoms with Gasteiger partial charge in [0.25, 0.3) is 0 Å². The third-order valence-electron chi connectivity index (χ3n) is 1.56. The summed E-state index contributed by atoms with van der Waals surface area (Å²) in [7, 11) is 0. The maximum Gasteiger partial charge on any atom is 2.00 e. The van der Waals surface area contributed by atoms with Gasteiger partial charge in [0.15, 0.2) is 0 Å². The van der Waals surface area contributed by atoms with E-state index < -0.39 is 11.9 Å². The van der Waals surface area contributed by atoms with Gasteiger partial charge < -0.3 is 25.5 Å². The number of hydrogen-bond acceptors (Lipinski definition) is 5. The Morgan fingerprint density at radius 2 is 1.17 bits per heavy atom. The zero-order valence-corrected chi connectivity index (χ0v) is 12.4. The van der Waals surface area contributed by atoms with E-state index >= 15 is 0 Å². The molecule has 2 N–H and O–H groups in total. The second-order valence-electron chi connectivity index (χ2n) is 3.54. The minimum atomic E-state index is -1.08. The molecule has 0 aliphatic carbocycles. The molecule has 0 aliphatic heterocycles. The van der Waals surface area contributed by atoms with Gasteiger partial charge in [0.05, 0.1) is 0 Å². The van der Waals surface area contributed by atoms with Crippen molar-refractivity contribution in [1.82, 2.24) is 0 Å². The van der Waals surface area contributed by atoms with Gasteiger partial charge in [-0.1, -0.05) is 39.0 Å². The van der Waals surface area contributed by atoms with E-state index in [0.29, 0.717) is 0 Å². The Labute approximate surface area is 121 Å². The van der Waals surface area contributed by atoms with Crippen molar-refractivity contribution in [3.8, 4) is 0 Å². The molecule has 5 nitrogen and oxygen atoms in total. The van der Waals surface area contributed by atoms with Gasteiger partial charge in [-0.15, -0.1) is 0 Å². The normalized spacial score (nSPS) is 7.78. The molecule has 0 heterocycles. The van der Waals surface area contributed by atoms with Gasteiger partial charge in [-0.2, -0.15) is 0 Å². The summed E-state index contributed by atoms with van der Waals surface area (Å²) in [5, 5.41) is 17.8. The fraction of sp³-hybridized carbons (Fsp3) is 0.833. The van der Waals surface area contributed by atoms with Gasteiger partial charge in [0.2, 0.25) is 0 Å². The van der Waals surface area contributed by atoms with Crippen LogP contribution in [-0.2, 0) is 26.7 Å². The third kappa shape index (κ3) is 109. The molecular weight excluding hydrogens is 286 g/mol. The number of aliphatic carboxylic acids is 2. The fourth-order valence-corrected chi connectivity index (χ4v) is 0.925. The van der Waals surface area contributed by atoms with E-state index in [0.717, 1.165) is 20.4 Å². The van der Waals surface area contributed by atoms with Crippen molar-refractivity contribution in [1.29, 1.82) is 0 Å². The van der Waals surface area contributed by atoms with Crippen molar-refractivity contribution in [2.45, 2.75) is 59.3 Å². The molecule has 18 heavy (non-hydrogen) atoms. The first-order chi connectivity index (χ1) is 7.88. The summed E-state index contributed by atoms with van der Waals surface area (Å²) < 4.78 is 0. The van der Waals surface area contributed by atoms with Crippen molar-refractivity contribution in [3.05, 3.63) is 0 Å². The number of carbonyl (C=O) groups is 2. The Morgan fingerprint density at radius 3 is 1.44 bits per heavy atom. The van der Waals surface area contributed by atoms with E-state index in [1.807, 2.05) is 0 Å². The van der Waals surface area contributed by atoms with Gasteiger partial charge in [0, 0.05) is 11.9 Å². The smallest absolute Gasteiger partial charge is 0.550 e. The van der Waals surface area contributed by atoms with Gasteiger partial charge in [-0.3, -0.25) is 0 Å². The molecule has 0 rings (SSSR count). The number of carbonyl (C=O) groups excluding carboxylic acids is 2. The summed E-state index contributed by atoms with van der Waals surface area (Å²) in [4.78, 5) is 17.8. The molecular formula is C12H25CuNO4. The maximum atomic E-state index is 8.89. The van der Waals surface area contributed by atoms with E-state index in [2.05, 4.69) is 6.92 Å². The summed E-state index contributed by atoms with van der Waals surface area (Å²) in [5.74, 6) is -2.17. The summed E-state index contributed by atoms with van der Waals surface area (Å²) in [6.45, 7) is 5.05. The first-order valence-electron chi connectivity index (χ1n) is 5.93. The third-order valence-corrected chi connectivity index (χ3v) is 1.56. The Balaban J connectivity index is -0.0000000922. The predicted molar refractivity (Wildman–Crippen MR) is 63.8 cm³/mol. The first-order valence-corrected chi connectivity index (χ1v) is 5.93. The van der Waals surface area contributed by atoms with Crippen LogP contribution in [0.2, 0.25) is 0 Å². The van der Waals surface area contributed by atoms with E-state index in [4.69, 9.17) is 25.5 Å². The van der Waals surface area contributed by atoms with Crippen LogP contribution >= 0.6 is 0 Å². The molecule has 0 fully saturated rings. The Morgan fingerprint density at radius 1 is 0.889 bits per heavy atom. The quantitative estimate of drug-likeness (QED) is 0.541. The molecule has 6 heteroatoms. The van der Waals surface area contributed by atoms with Crippen molar-refractivity contribution < 1.29 is 36.9 Å². The molecule has 0 aromatic rings. The van der Waals surface area contributed by atoms with E-state index in [1.54, 1.807) is 0 Å². The largest absolute Gasteiger partial charge is 2.00 e. The molecule has 0 spiro atoms. The average molecular weight is 311 g/mol. The molecule has 0 saturated heterocycles. The fourth-order valence-electron chi connectivity index (χ4n) is 0.925. The van der Waals surface area contributed by atoms with Crippen molar-refractivity contribution >= 4 is 11.9 Å². The minimum Gasteiger partial charge on any atom is -0.550 e. The first kappa shape index (κ1) is 26.1. The van der Waals surface area contributed by atoms with Crippen molar-refractivity contribution in [3.63, 3.8) is 0 Å². The number of rotatable bonds is 6. The van der Waals surface area contributed by atoms with Crippen LogP contribution < -0.4 is 15.9 Å². The monoisotopic (exact) mass is 310 g/mol. The van der Waals surface area contributed by atoms with Crippen LogP contribution in [0, 0.1) is 0 Å². The zero-order valence-electron chi connectivity index (χ0n) is 11.5. The average Bonchev–Trinajstić information content (AvgIpc) is 2.16. The van der Waals surface area contributed by atoms with Crippen LogP contribution in [0.1, 0.15) is 59.3 Å². The van der Waals surface area contributed by atoms with E-state index in [9.17, 15) is 0 Å². The van der Waals surface area contributed by atoms with Crippen LogP contribution in [0.15, 0.2) is 0 Å². The molecule has 0 saturated carbocycles. The Hall–Kier alpha value is -0.581. The SMILES string of the molecule is CC(=O)[O-].CC(=O)[O-].CCCCCCCCN.[Cu+2]. The maximum absolute atomic E-state index is 8.89. The number of nitrogens with two attached hydrogens (primary N) is 1. The Bertz CT molecular complexity index is 151. The molecule has 113 valence electrons. The number of hydrogen-bond donors (Lipinski definition) is 1. The summed E-state index contributed by atoms with van der Waals surface area (Å²) in [6, 6.07) is 0. The topological polar surface area (TPSA) is 106 Å². The van der Waals surface area contributed by atoms with E-state index in [-0.39, 0.29) is 17.1 Å². The molecule has 0 unspecified atom stereocenters. The van der Waals surface area contributed by atoms with Crippen molar-refractivity contribution in [2.24, 2.45) is 5.73 Å². The second kappa shape index (κ2) is 25.3. The van der Waals surface area contributed by atoms with Gasteiger partial charge in [0.1, 0.15) is 0 Å². The minimum absolute atomic E-state index is 0.